The summed E-state index contributed by atoms with van der Waals surface area (Å²) in [7, 11) is 0. The van der Waals surface area contributed by atoms with Gasteiger partial charge in [0.1, 0.15) is 5.75 Å². The van der Waals surface area contributed by atoms with Crippen molar-refractivity contribution in [3.05, 3.63) is 72.3 Å². The molecule has 0 saturated carbocycles. The first kappa shape index (κ1) is 19.9. The lowest BCUT2D eigenvalue weighted by molar-refractivity contribution is -0.121. The molecule has 0 aliphatic carbocycles. The van der Waals surface area contributed by atoms with E-state index in [9.17, 15) is 14.7 Å². The lowest BCUT2D eigenvalue weighted by Crippen LogP contribution is -2.54. The molecule has 3 aromatic carbocycles. The molecule has 1 saturated heterocycles. The predicted molar refractivity (Wildman–Crippen MR) is 118 cm³/mol. The van der Waals surface area contributed by atoms with Crippen LogP contribution in [0.15, 0.2) is 66.7 Å². The van der Waals surface area contributed by atoms with Crippen molar-refractivity contribution in [2.45, 2.75) is 13.0 Å². The first-order valence-electron chi connectivity index (χ1n) is 10.1. The van der Waals surface area contributed by atoms with E-state index in [1.807, 2.05) is 49.4 Å². The van der Waals surface area contributed by atoms with Crippen LogP contribution in [0, 0.1) is 0 Å². The maximum absolute atomic E-state index is 12.8. The van der Waals surface area contributed by atoms with E-state index in [-0.39, 0.29) is 23.6 Å². The second-order valence-electron chi connectivity index (χ2n) is 7.57. The van der Waals surface area contributed by atoms with Gasteiger partial charge in [0.25, 0.3) is 5.91 Å². The van der Waals surface area contributed by atoms with Gasteiger partial charge in [0, 0.05) is 31.9 Å². The van der Waals surface area contributed by atoms with Crippen molar-refractivity contribution in [1.82, 2.24) is 9.80 Å². The molecule has 2 amide bonds. The molecule has 1 heterocycles. The molecule has 0 unspecified atom stereocenters. The summed E-state index contributed by atoms with van der Waals surface area (Å²) in [4.78, 5) is 29.2. The van der Waals surface area contributed by atoms with Crippen LogP contribution in [0.3, 0.4) is 0 Å². The Labute approximate surface area is 175 Å². The number of hydrogen-bond acceptors (Lipinski definition) is 4. The average Bonchev–Trinajstić information content (AvgIpc) is 2.78. The van der Waals surface area contributed by atoms with E-state index in [4.69, 9.17) is 0 Å². The lowest BCUT2D eigenvalue weighted by Gasteiger charge is -2.37. The summed E-state index contributed by atoms with van der Waals surface area (Å²) in [5.74, 6) is -0.250. The fraction of sp³-hybridized carbons (Fsp3) is 0.250. The number of anilines is 1. The van der Waals surface area contributed by atoms with Gasteiger partial charge >= 0.3 is 0 Å². The molecular formula is C24H25N3O3. The number of benzene rings is 3. The molecule has 0 aromatic heterocycles. The van der Waals surface area contributed by atoms with Crippen LogP contribution in [0.25, 0.3) is 10.8 Å². The highest BCUT2D eigenvalue weighted by atomic mass is 16.3. The summed E-state index contributed by atoms with van der Waals surface area (Å²) in [6.07, 6.45) is 0. The average molecular weight is 403 g/mol. The van der Waals surface area contributed by atoms with Crippen molar-refractivity contribution in [1.29, 1.82) is 0 Å². The maximum Gasteiger partial charge on any atom is 0.257 e. The Hall–Kier alpha value is -3.38. The SMILES string of the molecule is C[C@H](C(=O)Nc1ccc2ccccc2c1)N1CCN(C(=O)c2ccccc2O)CC1. The third-order valence-corrected chi connectivity index (χ3v) is 5.68. The van der Waals surface area contributed by atoms with Crippen molar-refractivity contribution in [3.8, 4) is 5.75 Å². The summed E-state index contributed by atoms with van der Waals surface area (Å²) >= 11 is 0. The largest absolute Gasteiger partial charge is 0.507 e. The van der Waals surface area contributed by atoms with Gasteiger partial charge in [-0.3, -0.25) is 14.5 Å². The van der Waals surface area contributed by atoms with Gasteiger partial charge in [-0.2, -0.15) is 0 Å². The summed E-state index contributed by atoms with van der Waals surface area (Å²) in [6.45, 7) is 4.12. The number of phenolic OH excluding ortho intramolecular Hbond substituents is 1. The molecule has 3 aromatic rings. The third kappa shape index (κ3) is 4.14. The number of carbonyl (C=O) groups is 2. The van der Waals surface area contributed by atoms with Crippen molar-refractivity contribution in [2.24, 2.45) is 0 Å². The highest BCUT2D eigenvalue weighted by Gasteiger charge is 2.28. The van der Waals surface area contributed by atoms with Gasteiger partial charge in [-0.25, -0.2) is 0 Å². The highest BCUT2D eigenvalue weighted by Crippen LogP contribution is 2.21. The first-order chi connectivity index (χ1) is 14.5. The predicted octanol–water partition coefficient (Wildman–Crippen LogP) is 3.33. The zero-order valence-corrected chi connectivity index (χ0v) is 16.9. The molecule has 1 aliphatic rings. The quantitative estimate of drug-likeness (QED) is 0.701. The van der Waals surface area contributed by atoms with Crippen molar-refractivity contribution in [3.63, 3.8) is 0 Å². The summed E-state index contributed by atoms with van der Waals surface area (Å²) < 4.78 is 0. The van der Waals surface area contributed by atoms with Crippen molar-refractivity contribution >= 4 is 28.3 Å². The highest BCUT2D eigenvalue weighted by molar-refractivity contribution is 5.98. The normalized spacial score (nSPS) is 15.7. The molecule has 6 nitrogen and oxygen atoms in total. The number of carbonyl (C=O) groups excluding carboxylic acids is 2. The number of rotatable bonds is 4. The fourth-order valence-corrected chi connectivity index (χ4v) is 3.82. The number of piperazine rings is 1. The Kier molecular flexibility index (Phi) is 5.68. The Morgan fingerprint density at radius 1 is 0.900 bits per heavy atom. The van der Waals surface area contributed by atoms with E-state index in [0.29, 0.717) is 31.7 Å². The zero-order valence-electron chi connectivity index (χ0n) is 16.9. The lowest BCUT2D eigenvalue weighted by atomic mass is 10.1. The van der Waals surface area contributed by atoms with Crippen LogP contribution in [0.2, 0.25) is 0 Å². The zero-order chi connectivity index (χ0) is 21.1. The minimum Gasteiger partial charge on any atom is -0.507 e. The fourth-order valence-electron chi connectivity index (χ4n) is 3.82. The smallest absolute Gasteiger partial charge is 0.257 e. The standard InChI is InChI=1S/C24H25N3O3/c1-17(23(29)25-20-11-10-18-6-2-3-7-19(18)16-20)26-12-14-27(15-13-26)24(30)21-8-4-5-9-22(21)28/h2-11,16-17,28H,12-15H2,1H3,(H,25,29)/t17-/m1/s1. The van der Waals surface area contributed by atoms with Crippen LogP contribution >= 0.6 is 0 Å². The van der Waals surface area contributed by atoms with Gasteiger partial charge in [-0.05, 0) is 42.0 Å². The van der Waals surface area contributed by atoms with Gasteiger partial charge in [0.05, 0.1) is 11.6 Å². The molecule has 6 heteroatoms. The minimum atomic E-state index is -0.307. The number of hydrogen-bond donors (Lipinski definition) is 2. The molecule has 0 radical (unpaired) electrons. The maximum atomic E-state index is 12.8. The van der Waals surface area contributed by atoms with E-state index in [0.717, 1.165) is 16.5 Å². The van der Waals surface area contributed by atoms with Gasteiger partial charge in [-0.1, -0.05) is 42.5 Å². The van der Waals surface area contributed by atoms with Gasteiger partial charge in [-0.15, -0.1) is 0 Å². The van der Waals surface area contributed by atoms with E-state index in [2.05, 4.69) is 10.2 Å². The van der Waals surface area contributed by atoms with Crippen molar-refractivity contribution in [2.75, 3.05) is 31.5 Å². The summed E-state index contributed by atoms with van der Waals surface area (Å²) in [5.41, 5.74) is 1.09. The van der Waals surface area contributed by atoms with E-state index < -0.39 is 0 Å². The Balaban J connectivity index is 1.35. The molecule has 4 rings (SSSR count). The Bertz CT molecular complexity index is 1070. The summed E-state index contributed by atoms with van der Waals surface area (Å²) in [5, 5.41) is 15.1. The summed E-state index contributed by atoms with van der Waals surface area (Å²) in [6, 6.07) is 20.2. The van der Waals surface area contributed by atoms with Gasteiger partial charge in [0.15, 0.2) is 0 Å². The Morgan fingerprint density at radius 3 is 2.30 bits per heavy atom. The van der Waals surface area contributed by atoms with Crippen LogP contribution in [-0.4, -0.2) is 58.9 Å². The Morgan fingerprint density at radius 2 is 1.57 bits per heavy atom. The van der Waals surface area contributed by atoms with Gasteiger partial charge < -0.3 is 15.3 Å². The molecule has 1 atom stereocenters. The second kappa shape index (κ2) is 8.55. The van der Waals surface area contributed by atoms with Crippen LogP contribution in [-0.2, 0) is 4.79 Å². The molecule has 1 fully saturated rings. The number of phenols is 1. The molecule has 30 heavy (non-hydrogen) atoms. The number of amides is 2. The number of aromatic hydroxyl groups is 1. The van der Waals surface area contributed by atoms with Crippen LogP contribution in [0.1, 0.15) is 17.3 Å². The second-order valence-corrected chi connectivity index (χ2v) is 7.57. The van der Waals surface area contributed by atoms with Crippen LogP contribution in [0.5, 0.6) is 5.75 Å². The third-order valence-electron chi connectivity index (χ3n) is 5.68. The van der Waals surface area contributed by atoms with E-state index >= 15 is 0 Å². The van der Waals surface area contributed by atoms with Crippen LogP contribution in [0.4, 0.5) is 5.69 Å². The molecular weight excluding hydrogens is 378 g/mol. The van der Waals surface area contributed by atoms with Crippen molar-refractivity contribution < 1.29 is 14.7 Å². The minimum absolute atomic E-state index is 0.00643. The molecule has 0 bridgehead atoms. The molecule has 2 N–H and O–H groups in total. The first-order valence-corrected chi connectivity index (χ1v) is 10.1. The van der Waals surface area contributed by atoms with Gasteiger partial charge in [0.2, 0.25) is 5.91 Å². The topological polar surface area (TPSA) is 72.9 Å². The molecule has 0 spiro atoms. The molecule has 1 aliphatic heterocycles. The monoisotopic (exact) mass is 403 g/mol. The van der Waals surface area contributed by atoms with E-state index in [1.165, 1.54) is 6.07 Å². The molecule has 154 valence electrons. The van der Waals surface area contributed by atoms with Crippen LogP contribution < -0.4 is 5.32 Å². The number of nitrogens with one attached hydrogen (secondary N) is 1. The van der Waals surface area contributed by atoms with E-state index in [1.54, 1.807) is 23.1 Å². The number of para-hydroxylation sites is 1. The number of fused-ring (bicyclic) bond motifs is 1. The number of nitrogens with zero attached hydrogens (tertiary/aromatic N) is 2.